The zero-order valence-corrected chi connectivity index (χ0v) is 12.0. The van der Waals surface area contributed by atoms with E-state index >= 15 is 0 Å². The van der Waals surface area contributed by atoms with E-state index in [1.54, 1.807) is 19.5 Å². The van der Waals surface area contributed by atoms with Crippen LogP contribution in [0.4, 0.5) is 5.69 Å². The van der Waals surface area contributed by atoms with Gasteiger partial charge in [-0.2, -0.15) is 0 Å². The number of methoxy groups -OCH3 is 1. The third-order valence-electron chi connectivity index (χ3n) is 2.90. The van der Waals surface area contributed by atoms with Crippen LogP contribution < -0.4 is 10.1 Å². The maximum Gasteiger partial charge on any atom is 0.213 e. The smallest absolute Gasteiger partial charge is 0.213 e. The number of aromatic nitrogens is 3. The Balaban J connectivity index is 1.92. The quantitative estimate of drug-likeness (QED) is 0.784. The Bertz CT molecular complexity index is 524. The fraction of sp³-hybridized carbons (Fsp3) is 0.429. The van der Waals surface area contributed by atoms with Crippen molar-refractivity contribution in [3.63, 3.8) is 0 Å². The van der Waals surface area contributed by atoms with Crippen LogP contribution in [0.2, 0.25) is 0 Å². The summed E-state index contributed by atoms with van der Waals surface area (Å²) >= 11 is 0. The number of imidazole rings is 1. The number of ether oxygens (including phenoxy) is 2. The molecule has 2 rings (SSSR count). The molecule has 1 N–H and O–H groups in total. The monoisotopic (exact) mass is 276 g/mol. The Kier molecular flexibility index (Phi) is 4.95. The van der Waals surface area contributed by atoms with Gasteiger partial charge in [0, 0.05) is 32.6 Å². The number of rotatable bonds is 7. The largest absolute Gasteiger partial charge is 0.475 e. The van der Waals surface area contributed by atoms with E-state index in [0.717, 1.165) is 11.5 Å². The fourth-order valence-corrected chi connectivity index (χ4v) is 1.89. The number of pyridine rings is 1. The number of nitrogens with zero attached hydrogens (tertiary/aromatic N) is 3. The molecule has 0 aromatic carbocycles. The first-order chi connectivity index (χ1) is 9.70. The summed E-state index contributed by atoms with van der Waals surface area (Å²) in [6.45, 7) is 3.11. The number of nitrogens with one attached hydrogen (secondary N) is 1. The summed E-state index contributed by atoms with van der Waals surface area (Å²) in [6.07, 6.45) is 5.47. The summed E-state index contributed by atoms with van der Waals surface area (Å²) in [5.74, 6) is 1.57. The normalized spacial score (nSPS) is 12.2. The molecule has 20 heavy (non-hydrogen) atoms. The van der Waals surface area contributed by atoms with Crippen LogP contribution in [0.5, 0.6) is 5.88 Å². The van der Waals surface area contributed by atoms with Gasteiger partial charge in [-0.05, 0) is 13.0 Å². The number of hydrogen-bond donors (Lipinski definition) is 1. The number of hydrogen-bond acceptors (Lipinski definition) is 5. The van der Waals surface area contributed by atoms with Crippen LogP contribution in [-0.2, 0) is 11.8 Å². The highest BCUT2D eigenvalue weighted by molar-refractivity contribution is 5.43. The summed E-state index contributed by atoms with van der Waals surface area (Å²) in [7, 11) is 3.62. The van der Waals surface area contributed by atoms with Crippen molar-refractivity contribution in [1.29, 1.82) is 0 Å². The van der Waals surface area contributed by atoms with Crippen LogP contribution in [0.25, 0.3) is 0 Å². The van der Waals surface area contributed by atoms with Crippen molar-refractivity contribution in [2.75, 3.05) is 25.6 Å². The van der Waals surface area contributed by atoms with Gasteiger partial charge in [-0.25, -0.2) is 9.97 Å². The second-order valence-corrected chi connectivity index (χ2v) is 4.49. The van der Waals surface area contributed by atoms with Gasteiger partial charge in [-0.1, -0.05) is 0 Å². The van der Waals surface area contributed by atoms with Gasteiger partial charge < -0.3 is 19.4 Å². The third kappa shape index (κ3) is 3.71. The Labute approximate surface area is 118 Å². The molecule has 1 unspecified atom stereocenters. The Morgan fingerprint density at radius 2 is 2.15 bits per heavy atom. The molecular formula is C14H20N4O2. The van der Waals surface area contributed by atoms with E-state index in [9.17, 15) is 0 Å². The Morgan fingerprint density at radius 1 is 1.30 bits per heavy atom. The van der Waals surface area contributed by atoms with Gasteiger partial charge in [0.15, 0.2) is 0 Å². The molecule has 0 bridgehead atoms. The van der Waals surface area contributed by atoms with E-state index in [2.05, 4.69) is 22.2 Å². The SMILES string of the molecule is COCCOc1ccc(NC(C)c2nccn2C)cn1. The summed E-state index contributed by atoms with van der Waals surface area (Å²) in [6, 6.07) is 3.88. The molecule has 0 aliphatic carbocycles. The molecule has 6 heteroatoms. The van der Waals surface area contributed by atoms with Crippen LogP contribution in [-0.4, -0.2) is 34.9 Å². The molecule has 0 saturated carbocycles. The second kappa shape index (κ2) is 6.91. The molecule has 1 atom stereocenters. The molecule has 6 nitrogen and oxygen atoms in total. The minimum atomic E-state index is 0.108. The van der Waals surface area contributed by atoms with Crippen molar-refractivity contribution in [3.8, 4) is 5.88 Å². The van der Waals surface area contributed by atoms with Gasteiger partial charge in [0.25, 0.3) is 0 Å². The minimum Gasteiger partial charge on any atom is -0.475 e. The lowest BCUT2D eigenvalue weighted by molar-refractivity contribution is 0.144. The Morgan fingerprint density at radius 3 is 2.75 bits per heavy atom. The number of aryl methyl sites for hydroxylation is 1. The van der Waals surface area contributed by atoms with E-state index in [4.69, 9.17) is 9.47 Å². The van der Waals surface area contributed by atoms with Crippen LogP contribution in [0.15, 0.2) is 30.7 Å². The van der Waals surface area contributed by atoms with E-state index in [1.807, 2.05) is 29.9 Å². The summed E-state index contributed by atoms with van der Waals surface area (Å²) in [5, 5.41) is 3.35. The van der Waals surface area contributed by atoms with Crippen molar-refractivity contribution >= 4 is 5.69 Å². The van der Waals surface area contributed by atoms with Crippen LogP contribution >= 0.6 is 0 Å². The molecule has 108 valence electrons. The second-order valence-electron chi connectivity index (χ2n) is 4.49. The van der Waals surface area contributed by atoms with Crippen LogP contribution in [0.3, 0.4) is 0 Å². The summed E-state index contributed by atoms with van der Waals surface area (Å²) < 4.78 is 12.3. The van der Waals surface area contributed by atoms with Crippen molar-refractivity contribution < 1.29 is 9.47 Å². The fourth-order valence-electron chi connectivity index (χ4n) is 1.89. The van der Waals surface area contributed by atoms with Gasteiger partial charge in [-0.15, -0.1) is 0 Å². The van der Waals surface area contributed by atoms with Crippen molar-refractivity contribution in [3.05, 3.63) is 36.5 Å². The molecule has 0 radical (unpaired) electrons. The first-order valence-corrected chi connectivity index (χ1v) is 6.52. The average molecular weight is 276 g/mol. The highest BCUT2D eigenvalue weighted by Gasteiger charge is 2.10. The zero-order chi connectivity index (χ0) is 14.4. The van der Waals surface area contributed by atoms with Crippen molar-refractivity contribution in [1.82, 2.24) is 14.5 Å². The van der Waals surface area contributed by atoms with E-state index in [-0.39, 0.29) is 6.04 Å². The highest BCUT2D eigenvalue weighted by atomic mass is 16.5. The summed E-state index contributed by atoms with van der Waals surface area (Å²) in [5.41, 5.74) is 0.930. The standard InChI is InChI=1S/C14H20N4O2/c1-11(14-15-6-7-18(14)2)17-12-4-5-13(16-10-12)20-9-8-19-3/h4-7,10-11,17H,8-9H2,1-3H3. The lowest BCUT2D eigenvalue weighted by Crippen LogP contribution is -2.12. The molecule has 2 aromatic heterocycles. The van der Waals surface area contributed by atoms with E-state index in [0.29, 0.717) is 19.1 Å². The molecule has 2 heterocycles. The number of anilines is 1. The first kappa shape index (κ1) is 14.3. The molecule has 2 aromatic rings. The Hall–Kier alpha value is -2.08. The summed E-state index contributed by atoms with van der Waals surface area (Å²) in [4.78, 5) is 8.56. The maximum absolute atomic E-state index is 5.42. The van der Waals surface area contributed by atoms with E-state index < -0.39 is 0 Å². The predicted octanol–water partition coefficient (Wildman–Crippen LogP) is 2.01. The minimum absolute atomic E-state index is 0.108. The van der Waals surface area contributed by atoms with E-state index in [1.165, 1.54) is 0 Å². The van der Waals surface area contributed by atoms with Crippen LogP contribution in [0.1, 0.15) is 18.8 Å². The predicted molar refractivity (Wildman–Crippen MR) is 76.9 cm³/mol. The lowest BCUT2D eigenvalue weighted by Gasteiger charge is -2.15. The van der Waals surface area contributed by atoms with Crippen molar-refractivity contribution in [2.24, 2.45) is 7.05 Å². The molecule has 0 amide bonds. The van der Waals surface area contributed by atoms with Gasteiger partial charge in [-0.3, -0.25) is 0 Å². The van der Waals surface area contributed by atoms with Gasteiger partial charge >= 0.3 is 0 Å². The highest BCUT2D eigenvalue weighted by Crippen LogP contribution is 2.18. The average Bonchev–Trinajstić information content (AvgIpc) is 2.87. The molecule has 0 aliphatic rings. The lowest BCUT2D eigenvalue weighted by atomic mass is 10.3. The molecule has 0 saturated heterocycles. The third-order valence-corrected chi connectivity index (χ3v) is 2.90. The zero-order valence-electron chi connectivity index (χ0n) is 12.0. The van der Waals surface area contributed by atoms with Crippen LogP contribution in [0, 0.1) is 0 Å². The molecule has 0 aliphatic heterocycles. The van der Waals surface area contributed by atoms with Crippen molar-refractivity contribution in [2.45, 2.75) is 13.0 Å². The molecule has 0 spiro atoms. The topological polar surface area (TPSA) is 61.2 Å². The molecule has 0 fully saturated rings. The first-order valence-electron chi connectivity index (χ1n) is 6.52. The van der Waals surface area contributed by atoms with Gasteiger partial charge in [0.2, 0.25) is 5.88 Å². The van der Waals surface area contributed by atoms with Gasteiger partial charge in [0.1, 0.15) is 12.4 Å². The molecular weight excluding hydrogens is 256 g/mol. The maximum atomic E-state index is 5.42. The van der Waals surface area contributed by atoms with Gasteiger partial charge in [0.05, 0.1) is 24.5 Å².